The normalized spacial score (nSPS) is 19.4. The molecule has 1 unspecified atom stereocenters. The highest BCUT2D eigenvalue weighted by Gasteiger charge is 2.15. The number of unbranched alkanes of at least 4 members (excludes halogenated alkanes) is 1. The summed E-state index contributed by atoms with van der Waals surface area (Å²) in [5, 5.41) is 6.70. The van der Waals surface area contributed by atoms with Gasteiger partial charge in [0, 0.05) is 19.0 Å². The summed E-state index contributed by atoms with van der Waals surface area (Å²) >= 11 is 0. The quantitative estimate of drug-likeness (QED) is 0.779. The zero-order chi connectivity index (χ0) is 11.9. The molecule has 0 aromatic heterocycles. The molecule has 0 fully saturated rings. The molecule has 0 bridgehead atoms. The summed E-state index contributed by atoms with van der Waals surface area (Å²) in [6.45, 7) is 5.06. The van der Waals surface area contributed by atoms with Crippen molar-refractivity contribution in [1.29, 1.82) is 0 Å². The molecule has 2 rings (SSSR count). The van der Waals surface area contributed by atoms with E-state index in [1.165, 1.54) is 18.4 Å². The van der Waals surface area contributed by atoms with E-state index in [1.807, 2.05) is 0 Å². The smallest absolute Gasteiger partial charge is 0.191 e. The van der Waals surface area contributed by atoms with Crippen LogP contribution in [0.1, 0.15) is 31.2 Å². The van der Waals surface area contributed by atoms with E-state index in [4.69, 9.17) is 0 Å². The lowest BCUT2D eigenvalue weighted by atomic mass is 9.98. The predicted octanol–water partition coefficient (Wildman–Crippen LogP) is 2.12. The Labute approximate surface area is 103 Å². The Hall–Kier alpha value is -1.51. The van der Waals surface area contributed by atoms with Gasteiger partial charge in [0.2, 0.25) is 0 Å². The van der Waals surface area contributed by atoms with Crippen molar-refractivity contribution >= 4 is 5.96 Å². The fraction of sp³-hybridized carbons (Fsp3) is 0.500. The van der Waals surface area contributed by atoms with Crippen LogP contribution in [0.15, 0.2) is 35.3 Å². The fourth-order valence-electron chi connectivity index (χ4n) is 1.99. The highest BCUT2D eigenvalue weighted by Crippen LogP contribution is 2.16. The van der Waals surface area contributed by atoms with Crippen molar-refractivity contribution < 1.29 is 0 Å². The van der Waals surface area contributed by atoms with E-state index in [2.05, 4.69) is 52.9 Å². The second-order valence-electron chi connectivity index (χ2n) is 4.46. The van der Waals surface area contributed by atoms with E-state index in [-0.39, 0.29) is 0 Å². The average Bonchev–Trinajstić information content (AvgIpc) is 2.41. The summed E-state index contributed by atoms with van der Waals surface area (Å²) in [4.78, 5) is 4.55. The minimum Gasteiger partial charge on any atom is -0.356 e. The van der Waals surface area contributed by atoms with Gasteiger partial charge < -0.3 is 10.6 Å². The zero-order valence-corrected chi connectivity index (χ0v) is 10.4. The summed E-state index contributed by atoms with van der Waals surface area (Å²) in [7, 11) is 0. The number of hydrogen-bond donors (Lipinski definition) is 2. The Morgan fingerprint density at radius 1 is 1.35 bits per heavy atom. The number of nitrogens with zero attached hydrogens (tertiary/aromatic N) is 1. The van der Waals surface area contributed by atoms with Crippen LogP contribution in [0.2, 0.25) is 0 Å². The molecular formula is C14H21N3. The monoisotopic (exact) mass is 231 g/mol. The van der Waals surface area contributed by atoms with Gasteiger partial charge in [0.15, 0.2) is 5.96 Å². The van der Waals surface area contributed by atoms with Crippen molar-refractivity contribution in [3.8, 4) is 0 Å². The maximum absolute atomic E-state index is 4.55. The number of benzene rings is 1. The molecule has 0 saturated heterocycles. The molecular weight excluding hydrogens is 210 g/mol. The second-order valence-corrected chi connectivity index (χ2v) is 4.46. The molecule has 0 spiro atoms. The van der Waals surface area contributed by atoms with Crippen LogP contribution in [0.3, 0.4) is 0 Å². The van der Waals surface area contributed by atoms with E-state index in [0.29, 0.717) is 5.92 Å². The Morgan fingerprint density at radius 2 is 2.18 bits per heavy atom. The van der Waals surface area contributed by atoms with E-state index in [1.54, 1.807) is 0 Å². The molecule has 1 aromatic carbocycles. The van der Waals surface area contributed by atoms with Gasteiger partial charge in [-0.05, 0) is 12.0 Å². The lowest BCUT2D eigenvalue weighted by molar-refractivity contribution is 0.614. The summed E-state index contributed by atoms with van der Waals surface area (Å²) in [5.41, 5.74) is 1.37. The van der Waals surface area contributed by atoms with E-state index in [0.717, 1.165) is 25.6 Å². The summed E-state index contributed by atoms with van der Waals surface area (Å²) in [5.74, 6) is 1.47. The Bertz CT molecular complexity index is 359. The van der Waals surface area contributed by atoms with Crippen molar-refractivity contribution in [2.45, 2.75) is 25.7 Å². The highest BCUT2D eigenvalue weighted by atomic mass is 15.2. The molecule has 0 radical (unpaired) electrons. The van der Waals surface area contributed by atoms with Gasteiger partial charge in [0.1, 0.15) is 0 Å². The molecule has 1 aromatic rings. The lowest BCUT2D eigenvalue weighted by Gasteiger charge is -2.23. The molecule has 0 amide bonds. The van der Waals surface area contributed by atoms with Crippen LogP contribution < -0.4 is 10.6 Å². The van der Waals surface area contributed by atoms with Crippen LogP contribution in [0.4, 0.5) is 0 Å². The molecule has 17 heavy (non-hydrogen) atoms. The maximum atomic E-state index is 4.55. The molecule has 0 saturated carbocycles. The average molecular weight is 231 g/mol. The van der Waals surface area contributed by atoms with Crippen LogP contribution in [0, 0.1) is 0 Å². The third-order valence-electron chi connectivity index (χ3n) is 3.08. The third kappa shape index (κ3) is 3.48. The summed E-state index contributed by atoms with van der Waals surface area (Å²) in [6.07, 6.45) is 2.41. The van der Waals surface area contributed by atoms with Gasteiger partial charge in [-0.3, -0.25) is 4.99 Å². The van der Waals surface area contributed by atoms with Crippen molar-refractivity contribution in [2.75, 3.05) is 19.6 Å². The number of rotatable bonds is 4. The van der Waals surface area contributed by atoms with E-state index >= 15 is 0 Å². The first-order chi connectivity index (χ1) is 8.40. The van der Waals surface area contributed by atoms with Crippen LogP contribution in [0.25, 0.3) is 0 Å². The van der Waals surface area contributed by atoms with Gasteiger partial charge in [-0.25, -0.2) is 0 Å². The SMILES string of the molecule is CCCCNC1=NCC(c2ccccc2)CN1. The molecule has 1 heterocycles. The number of hydrogen-bond acceptors (Lipinski definition) is 3. The summed E-state index contributed by atoms with van der Waals surface area (Å²) < 4.78 is 0. The molecule has 1 aliphatic rings. The standard InChI is InChI=1S/C14H21N3/c1-2-3-9-15-14-16-10-13(11-17-14)12-7-5-4-6-8-12/h4-8,13H,2-3,9-11H2,1H3,(H2,15,16,17). The number of guanidine groups is 1. The Balaban J connectivity index is 1.84. The lowest BCUT2D eigenvalue weighted by Crippen LogP contribution is -2.43. The van der Waals surface area contributed by atoms with Crippen molar-refractivity contribution in [3.05, 3.63) is 35.9 Å². The zero-order valence-electron chi connectivity index (χ0n) is 10.4. The van der Waals surface area contributed by atoms with Crippen molar-refractivity contribution in [2.24, 2.45) is 4.99 Å². The van der Waals surface area contributed by atoms with Gasteiger partial charge in [0.05, 0.1) is 6.54 Å². The minimum atomic E-state index is 0.507. The van der Waals surface area contributed by atoms with E-state index < -0.39 is 0 Å². The van der Waals surface area contributed by atoms with Crippen LogP contribution in [-0.2, 0) is 0 Å². The van der Waals surface area contributed by atoms with Gasteiger partial charge in [-0.2, -0.15) is 0 Å². The topological polar surface area (TPSA) is 36.4 Å². The first-order valence-corrected chi connectivity index (χ1v) is 6.47. The third-order valence-corrected chi connectivity index (χ3v) is 3.08. The van der Waals surface area contributed by atoms with Crippen LogP contribution >= 0.6 is 0 Å². The first kappa shape index (κ1) is 12.0. The molecule has 0 aliphatic carbocycles. The van der Waals surface area contributed by atoms with Crippen molar-refractivity contribution in [1.82, 2.24) is 10.6 Å². The summed E-state index contributed by atoms with van der Waals surface area (Å²) in [6, 6.07) is 10.6. The Kier molecular flexibility index (Phi) is 4.42. The molecule has 3 nitrogen and oxygen atoms in total. The van der Waals surface area contributed by atoms with Gasteiger partial charge >= 0.3 is 0 Å². The predicted molar refractivity (Wildman–Crippen MR) is 72.4 cm³/mol. The van der Waals surface area contributed by atoms with Crippen molar-refractivity contribution in [3.63, 3.8) is 0 Å². The Morgan fingerprint density at radius 3 is 2.82 bits per heavy atom. The fourth-order valence-corrected chi connectivity index (χ4v) is 1.99. The van der Waals surface area contributed by atoms with Gasteiger partial charge in [-0.1, -0.05) is 43.7 Å². The number of nitrogens with one attached hydrogen (secondary N) is 2. The number of aliphatic imine (C=N–C) groups is 1. The maximum Gasteiger partial charge on any atom is 0.191 e. The van der Waals surface area contributed by atoms with Crippen LogP contribution in [0.5, 0.6) is 0 Å². The molecule has 2 N–H and O–H groups in total. The largest absolute Gasteiger partial charge is 0.356 e. The van der Waals surface area contributed by atoms with Crippen LogP contribution in [-0.4, -0.2) is 25.6 Å². The molecule has 1 atom stereocenters. The van der Waals surface area contributed by atoms with E-state index in [9.17, 15) is 0 Å². The minimum absolute atomic E-state index is 0.507. The molecule has 92 valence electrons. The van der Waals surface area contributed by atoms with Gasteiger partial charge in [-0.15, -0.1) is 0 Å². The second kappa shape index (κ2) is 6.28. The molecule has 3 heteroatoms. The molecule has 1 aliphatic heterocycles. The first-order valence-electron chi connectivity index (χ1n) is 6.47. The highest BCUT2D eigenvalue weighted by molar-refractivity contribution is 5.80. The van der Waals surface area contributed by atoms with Gasteiger partial charge in [0.25, 0.3) is 0 Å².